The van der Waals surface area contributed by atoms with Gasteiger partial charge in [-0.05, 0) is 87.3 Å². The molecular weight excluding hydrogens is 592 g/mol. The number of carbonyl (C=O) groups is 3. The average Bonchev–Trinajstić information content (AvgIpc) is 3.82. The first-order valence-corrected chi connectivity index (χ1v) is 16.1. The molecule has 5 rings (SSSR count). The summed E-state index contributed by atoms with van der Waals surface area (Å²) in [4.78, 5) is 42.3. The summed E-state index contributed by atoms with van der Waals surface area (Å²) in [5.41, 5.74) is -3.77. The smallest absolute Gasteiger partial charge is 0.373 e. The van der Waals surface area contributed by atoms with Gasteiger partial charge in [-0.3, -0.25) is 19.1 Å². The first-order valence-electron chi connectivity index (χ1n) is 14.6. The van der Waals surface area contributed by atoms with Crippen molar-refractivity contribution in [1.29, 1.82) is 0 Å². The monoisotopic (exact) mass is 630 g/mol. The lowest BCUT2D eigenvalue weighted by Gasteiger charge is -2.36. The highest BCUT2D eigenvalue weighted by molar-refractivity contribution is 7.91. The Kier molecular flexibility index (Phi) is 7.58. The average molecular weight is 631 g/mol. The van der Waals surface area contributed by atoms with E-state index in [0.717, 1.165) is 18.9 Å². The van der Waals surface area contributed by atoms with Gasteiger partial charge in [0.05, 0.1) is 10.3 Å². The predicted octanol–water partition coefficient (Wildman–Crippen LogP) is 3.95. The number of sulfonamides is 1. The topological polar surface area (TPSA) is 125 Å². The largest absolute Gasteiger partial charge is 0.419 e. The number of nitrogens with one attached hydrogen (secondary N) is 3. The van der Waals surface area contributed by atoms with Gasteiger partial charge in [0.15, 0.2) is 0 Å². The summed E-state index contributed by atoms with van der Waals surface area (Å²) in [6.45, 7) is 6.92. The van der Waals surface area contributed by atoms with Crippen LogP contribution in [0.3, 0.4) is 0 Å². The molecule has 1 aliphatic heterocycles. The summed E-state index contributed by atoms with van der Waals surface area (Å²) in [5.74, 6) is -3.29. The number of amides is 3. The lowest BCUT2D eigenvalue weighted by atomic mass is 9.85. The molecule has 4 atom stereocenters. The minimum Gasteiger partial charge on any atom is -0.373 e. The number of nitrogens with zero attached hydrogens (tertiary/aromatic N) is 1. The molecule has 1 aromatic rings. The van der Waals surface area contributed by atoms with Crippen LogP contribution in [-0.2, 0) is 30.6 Å². The molecule has 3 N–H and O–H groups in total. The molecule has 4 unspecified atom stereocenters. The van der Waals surface area contributed by atoms with Crippen LogP contribution in [0.1, 0.15) is 78.2 Å². The van der Waals surface area contributed by atoms with Crippen LogP contribution in [0.15, 0.2) is 18.2 Å². The van der Waals surface area contributed by atoms with Crippen molar-refractivity contribution in [2.24, 2.45) is 17.3 Å². The van der Waals surface area contributed by atoms with Gasteiger partial charge in [0.2, 0.25) is 21.8 Å². The molecule has 1 saturated heterocycles. The second-order valence-corrected chi connectivity index (χ2v) is 16.0. The van der Waals surface area contributed by atoms with E-state index in [9.17, 15) is 40.4 Å². The number of likely N-dealkylation sites (tertiary alicyclic amines) is 1. The van der Waals surface area contributed by atoms with Crippen LogP contribution in [0, 0.1) is 23.1 Å². The van der Waals surface area contributed by atoms with Gasteiger partial charge in [0.25, 0.3) is 5.91 Å². The van der Waals surface area contributed by atoms with Crippen LogP contribution in [0.5, 0.6) is 0 Å². The van der Waals surface area contributed by atoms with E-state index in [-0.39, 0.29) is 24.1 Å². The number of anilines is 1. The maximum atomic E-state index is 13.9. The van der Waals surface area contributed by atoms with Crippen molar-refractivity contribution in [1.82, 2.24) is 14.9 Å². The van der Waals surface area contributed by atoms with Crippen LogP contribution >= 0.6 is 0 Å². The SMILES string of the molecule is CC(C)(C)C(Nc1ccc(F)c(C(F)(F)F)c1)C(=O)N1CCCC1C(=O)NC1(C(=O)NS(=O)(=O)C2(C)CC2)CC1C1CC1. The molecule has 4 fully saturated rings. The zero-order valence-corrected chi connectivity index (χ0v) is 25.4. The van der Waals surface area contributed by atoms with Crippen LogP contribution < -0.4 is 15.4 Å². The third-order valence-electron chi connectivity index (χ3n) is 9.32. The fraction of sp³-hybridized carbons (Fsp3) is 0.690. The van der Waals surface area contributed by atoms with E-state index in [1.807, 2.05) is 0 Å². The molecule has 43 heavy (non-hydrogen) atoms. The number of alkyl halides is 3. The number of benzene rings is 1. The fourth-order valence-corrected chi connectivity index (χ4v) is 7.33. The molecule has 1 heterocycles. The Hall–Kier alpha value is -2.90. The Bertz CT molecular complexity index is 1430. The normalized spacial score (nSPS) is 27.3. The van der Waals surface area contributed by atoms with Crippen molar-refractivity contribution >= 4 is 33.4 Å². The second kappa shape index (κ2) is 10.3. The molecule has 1 aromatic carbocycles. The van der Waals surface area contributed by atoms with Gasteiger partial charge >= 0.3 is 6.18 Å². The van der Waals surface area contributed by atoms with E-state index in [0.29, 0.717) is 44.2 Å². The van der Waals surface area contributed by atoms with E-state index in [2.05, 4.69) is 15.4 Å². The number of rotatable bonds is 9. The van der Waals surface area contributed by atoms with Crippen molar-refractivity contribution in [3.05, 3.63) is 29.6 Å². The van der Waals surface area contributed by atoms with Crippen molar-refractivity contribution in [3.8, 4) is 0 Å². The maximum Gasteiger partial charge on any atom is 0.419 e. The third-order valence-corrected chi connectivity index (χ3v) is 11.5. The second-order valence-electron chi connectivity index (χ2n) is 13.8. The quantitative estimate of drug-likeness (QED) is 0.355. The summed E-state index contributed by atoms with van der Waals surface area (Å²) in [6, 6.07) is 0.380. The zero-order chi connectivity index (χ0) is 31.8. The van der Waals surface area contributed by atoms with Crippen molar-refractivity contribution in [3.63, 3.8) is 0 Å². The van der Waals surface area contributed by atoms with Gasteiger partial charge in [-0.15, -0.1) is 0 Å². The standard InChI is InChI=1S/C29H38F4N4O5S/c1-26(2,3)22(34-17-9-10-20(30)18(14-17)29(31,32)33)24(39)37-13-5-6-21(37)23(38)35-28(15-19(28)16-7-8-16)25(40)36-43(41,42)27(4)11-12-27/h9-10,14,16,19,21-22,34H,5-8,11-13,15H2,1-4H3,(H,35,38)(H,36,40). The Balaban J connectivity index is 1.34. The van der Waals surface area contributed by atoms with Gasteiger partial charge in [-0.25, -0.2) is 12.8 Å². The van der Waals surface area contributed by atoms with E-state index < -0.39 is 73.1 Å². The van der Waals surface area contributed by atoms with Gasteiger partial charge in [-0.1, -0.05) is 20.8 Å². The van der Waals surface area contributed by atoms with Crippen LogP contribution in [0.4, 0.5) is 23.2 Å². The Morgan fingerprint density at radius 2 is 1.72 bits per heavy atom. The highest BCUT2D eigenvalue weighted by Crippen LogP contribution is 2.57. The third kappa shape index (κ3) is 6.08. The number of hydrogen-bond acceptors (Lipinski definition) is 6. The Morgan fingerprint density at radius 3 is 2.28 bits per heavy atom. The summed E-state index contributed by atoms with van der Waals surface area (Å²) < 4.78 is 80.7. The highest BCUT2D eigenvalue weighted by atomic mass is 32.2. The number of halogens is 4. The summed E-state index contributed by atoms with van der Waals surface area (Å²) >= 11 is 0. The summed E-state index contributed by atoms with van der Waals surface area (Å²) in [5, 5.41) is 5.65. The number of hydrogen-bond donors (Lipinski definition) is 3. The molecule has 9 nitrogen and oxygen atoms in total. The Morgan fingerprint density at radius 1 is 1.07 bits per heavy atom. The molecule has 238 valence electrons. The van der Waals surface area contributed by atoms with Crippen LogP contribution in [-0.4, -0.2) is 60.0 Å². The minimum absolute atomic E-state index is 0.103. The molecular formula is C29H38F4N4O5S. The van der Waals surface area contributed by atoms with Gasteiger partial charge < -0.3 is 15.5 Å². The molecule has 3 aliphatic carbocycles. The first-order chi connectivity index (χ1) is 19.8. The van der Waals surface area contributed by atoms with E-state index in [4.69, 9.17) is 0 Å². The molecule has 0 radical (unpaired) electrons. The zero-order valence-electron chi connectivity index (χ0n) is 24.6. The lowest BCUT2D eigenvalue weighted by Crippen LogP contribution is -2.59. The fourth-order valence-electron chi connectivity index (χ4n) is 6.02. The van der Waals surface area contributed by atoms with Gasteiger partial charge in [-0.2, -0.15) is 13.2 Å². The van der Waals surface area contributed by atoms with E-state index >= 15 is 0 Å². The first kappa shape index (κ1) is 31.5. The summed E-state index contributed by atoms with van der Waals surface area (Å²) in [6.07, 6.45) is -1.20. The van der Waals surface area contributed by atoms with Crippen LogP contribution in [0.2, 0.25) is 0 Å². The van der Waals surface area contributed by atoms with Gasteiger partial charge in [0.1, 0.15) is 23.4 Å². The predicted molar refractivity (Wildman–Crippen MR) is 149 cm³/mol. The molecule has 14 heteroatoms. The van der Waals surface area contributed by atoms with Crippen molar-refractivity contribution in [2.45, 2.75) is 101 Å². The van der Waals surface area contributed by atoms with E-state index in [1.165, 1.54) is 4.90 Å². The molecule has 3 saturated carbocycles. The van der Waals surface area contributed by atoms with Crippen molar-refractivity contribution < 1.29 is 40.4 Å². The lowest BCUT2D eigenvalue weighted by molar-refractivity contribution is -0.141. The molecule has 0 aromatic heterocycles. The summed E-state index contributed by atoms with van der Waals surface area (Å²) in [7, 11) is -3.93. The Labute approximate surface area is 248 Å². The maximum absolute atomic E-state index is 13.9. The minimum atomic E-state index is -4.93. The number of carbonyl (C=O) groups excluding carboxylic acids is 3. The van der Waals surface area contributed by atoms with Crippen molar-refractivity contribution in [2.75, 3.05) is 11.9 Å². The molecule has 0 spiro atoms. The molecule has 0 bridgehead atoms. The van der Waals surface area contributed by atoms with Crippen LogP contribution in [0.25, 0.3) is 0 Å². The highest BCUT2D eigenvalue weighted by Gasteiger charge is 2.67. The molecule has 4 aliphatic rings. The van der Waals surface area contributed by atoms with Gasteiger partial charge in [0, 0.05) is 12.2 Å². The molecule has 3 amide bonds. The van der Waals surface area contributed by atoms with E-state index in [1.54, 1.807) is 27.7 Å².